The predicted octanol–water partition coefficient (Wildman–Crippen LogP) is 2.82. The molecule has 25 heavy (non-hydrogen) atoms. The van der Waals surface area contributed by atoms with E-state index in [1.54, 1.807) is 21.4 Å². The summed E-state index contributed by atoms with van der Waals surface area (Å²) in [6.45, 7) is 1.49. The van der Waals surface area contributed by atoms with Crippen LogP contribution in [0.4, 0.5) is 4.39 Å². The van der Waals surface area contributed by atoms with Gasteiger partial charge in [-0.15, -0.1) is 5.10 Å². The van der Waals surface area contributed by atoms with E-state index < -0.39 is 0 Å². The van der Waals surface area contributed by atoms with Crippen LogP contribution in [0, 0.1) is 5.82 Å². The molecule has 3 heterocycles. The summed E-state index contributed by atoms with van der Waals surface area (Å²) in [7, 11) is 0. The number of aromatic nitrogens is 4. The molecule has 2 aromatic heterocycles. The Balaban J connectivity index is 1.79. The standard InChI is InChI=1S/C18H18FN5O/c19-14-6-8-15(9-7-14)24-17(22-10-4-5-11-22)16(20-21-24)18(25)23-12-2-1-3-13-23/h4-11H,1-3,12-13H2. The Morgan fingerprint density at radius 1 is 1.00 bits per heavy atom. The molecule has 0 unspecified atom stereocenters. The Morgan fingerprint density at radius 2 is 1.68 bits per heavy atom. The number of nitrogens with zero attached hydrogens (tertiary/aromatic N) is 5. The van der Waals surface area contributed by atoms with Crippen LogP contribution in [0.15, 0.2) is 48.8 Å². The molecule has 1 aliphatic heterocycles. The number of hydrogen-bond acceptors (Lipinski definition) is 3. The van der Waals surface area contributed by atoms with Gasteiger partial charge in [0.2, 0.25) is 0 Å². The molecule has 1 saturated heterocycles. The van der Waals surface area contributed by atoms with Gasteiger partial charge in [0.1, 0.15) is 5.82 Å². The summed E-state index contributed by atoms with van der Waals surface area (Å²) in [6, 6.07) is 9.71. The average Bonchev–Trinajstić information content (AvgIpc) is 3.32. The summed E-state index contributed by atoms with van der Waals surface area (Å²) < 4.78 is 16.6. The Kier molecular flexibility index (Phi) is 4.05. The normalized spacial score (nSPS) is 14.7. The zero-order valence-electron chi connectivity index (χ0n) is 13.7. The number of likely N-dealkylation sites (tertiary alicyclic amines) is 1. The lowest BCUT2D eigenvalue weighted by Gasteiger charge is -2.26. The van der Waals surface area contributed by atoms with Crippen molar-refractivity contribution in [2.24, 2.45) is 0 Å². The van der Waals surface area contributed by atoms with Crippen LogP contribution in [0.25, 0.3) is 11.5 Å². The van der Waals surface area contributed by atoms with Crippen LogP contribution in [0.5, 0.6) is 0 Å². The first-order chi connectivity index (χ1) is 12.2. The van der Waals surface area contributed by atoms with Gasteiger partial charge >= 0.3 is 0 Å². The number of carbonyl (C=O) groups excluding carboxylic acids is 1. The number of rotatable bonds is 3. The fourth-order valence-corrected chi connectivity index (χ4v) is 3.13. The summed E-state index contributed by atoms with van der Waals surface area (Å²) in [5.41, 5.74) is 0.956. The van der Waals surface area contributed by atoms with Crippen molar-refractivity contribution in [2.45, 2.75) is 19.3 Å². The molecule has 0 saturated carbocycles. The Bertz CT molecular complexity index is 864. The molecule has 0 bridgehead atoms. The van der Waals surface area contributed by atoms with Gasteiger partial charge in [-0.2, -0.15) is 4.68 Å². The van der Waals surface area contributed by atoms with E-state index in [0.717, 1.165) is 32.4 Å². The van der Waals surface area contributed by atoms with Crippen molar-refractivity contribution in [3.05, 3.63) is 60.3 Å². The third-order valence-corrected chi connectivity index (χ3v) is 4.41. The van der Waals surface area contributed by atoms with Crippen molar-refractivity contribution in [1.82, 2.24) is 24.5 Å². The molecule has 0 N–H and O–H groups in total. The molecule has 6 nitrogen and oxygen atoms in total. The summed E-state index contributed by atoms with van der Waals surface area (Å²) in [5.74, 6) is 0.125. The molecule has 1 fully saturated rings. The highest BCUT2D eigenvalue weighted by Crippen LogP contribution is 2.21. The quantitative estimate of drug-likeness (QED) is 0.737. The zero-order valence-corrected chi connectivity index (χ0v) is 13.7. The molecule has 0 spiro atoms. The van der Waals surface area contributed by atoms with Crippen LogP contribution in [-0.2, 0) is 0 Å². The third-order valence-electron chi connectivity index (χ3n) is 4.41. The summed E-state index contributed by atoms with van der Waals surface area (Å²) >= 11 is 0. The number of hydrogen-bond donors (Lipinski definition) is 0. The zero-order chi connectivity index (χ0) is 17.2. The number of halogens is 1. The molecule has 128 valence electrons. The van der Waals surface area contributed by atoms with E-state index in [-0.39, 0.29) is 11.7 Å². The molecule has 3 aromatic rings. The molecule has 1 amide bonds. The molecule has 0 atom stereocenters. The minimum absolute atomic E-state index is 0.114. The fourth-order valence-electron chi connectivity index (χ4n) is 3.13. The minimum Gasteiger partial charge on any atom is -0.337 e. The maximum absolute atomic E-state index is 13.2. The lowest BCUT2D eigenvalue weighted by molar-refractivity contribution is 0.0718. The molecule has 7 heteroatoms. The minimum atomic E-state index is -0.323. The van der Waals surface area contributed by atoms with E-state index in [9.17, 15) is 9.18 Å². The van der Waals surface area contributed by atoms with Crippen molar-refractivity contribution >= 4 is 5.91 Å². The van der Waals surface area contributed by atoms with Gasteiger partial charge in [-0.1, -0.05) is 5.21 Å². The SMILES string of the molecule is O=C(c1nnn(-c2ccc(F)cc2)c1-n1cccc1)N1CCCCC1. The van der Waals surface area contributed by atoms with Gasteiger partial charge in [-0.05, 0) is 55.7 Å². The van der Waals surface area contributed by atoms with E-state index in [1.165, 1.54) is 12.1 Å². The molecule has 0 radical (unpaired) electrons. The average molecular weight is 339 g/mol. The highest BCUT2D eigenvalue weighted by atomic mass is 19.1. The maximum atomic E-state index is 13.2. The van der Waals surface area contributed by atoms with Crippen LogP contribution in [0.1, 0.15) is 29.8 Å². The highest BCUT2D eigenvalue weighted by Gasteiger charge is 2.27. The van der Waals surface area contributed by atoms with Crippen LogP contribution in [0.2, 0.25) is 0 Å². The molecular formula is C18H18FN5O. The Labute approximate surface area is 144 Å². The predicted molar refractivity (Wildman–Crippen MR) is 90.4 cm³/mol. The van der Waals surface area contributed by atoms with E-state index >= 15 is 0 Å². The first kappa shape index (κ1) is 15.6. The highest BCUT2D eigenvalue weighted by molar-refractivity contribution is 5.95. The number of benzene rings is 1. The van der Waals surface area contributed by atoms with Gasteiger partial charge in [0.05, 0.1) is 5.69 Å². The topological polar surface area (TPSA) is 56.0 Å². The van der Waals surface area contributed by atoms with Crippen molar-refractivity contribution < 1.29 is 9.18 Å². The lowest BCUT2D eigenvalue weighted by Crippen LogP contribution is -2.36. The fraction of sp³-hybridized carbons (Fsp3) is 0.278. The molecular weight excluding hydrogens is 321 g/mol. The van der Waals surface area contributed by atoms with Crippen molar-refractivity contribution in [3.8, 4) is 11.5 Å². The largest absolute Gasteiger partial charge is 0.337 e. The van der Waals surface area contributed by atoms with Gasteiger partial charge in [-0.25, -0.2) is 4.39 Å². The smallest absolute Gasteiger partial charge is 0.278 e. The maximum Gasteiger partial charge on any atom is 0.278 e. The Hall–Kier alpha value is -2.96. The lowest BCUT2D eigenvalue weighted by atomic mass is 10.1. The van der Waals surface area contributed by atoms with Crippen LogP contribution < -0.4 is 0 Å². The van der Waals surface area contributed by atoms with Crippen LogP contribution >= 0.6 is 0 Å². The second-order valence-electron chi connectivity index (χ2n) is 6.09. The Morgan fingerprint density at radius 3 is 2.36 bits per heavy atom. The monoisotopic (exact) mass is 339 g/mol. The van der Waals surface area contributed by atoms with E-state index in [2.05, 4.69) is 10.3 Å². The van der Waals surface area contributed by atoms with E-state index in [0.29, 0.717) is 17.2 Å². The second-order valence-corrected chi connectivity index (χ2v) is 6.09. The van der Waals surface area contributed by atoms with Crippen molar-refractivity contribution in [3.63, 3.8) is 0 Å². The first-order valence-corrected chi connectivity index (χ1v) is 8.38. The van der Waals surface area contributed by atoms with E-state index in [1.807, 2.05) is 29.4 Å². The third kappa shape index (κ3) is 2.93. The number of carbonyl (C=O) groups is 1. The summed E-state index contributed by atoms with van der Waals surface area (Å²) in [5, 5.41) is 8.32. The van der Waals surface area contributed by atoms with Gasteiger partial charge in [0.25, 0.3) is 5.91 Å². The number of piperidine rings is 1. The van der Waals surface area contributed by atoms with Gasteiger partial charge < -0.3 is 9.47 Å². The molecule has 0 aliphatic carbocycles. The summed E-state index contributed by atoms with van der Waals surface area (Å²) in [4.78, 5) is 14.8. The van der Waals surface area contributed by atoms with Crippen LogP contribution in [0.3, 0.4) is 0 Å². The second kappa shape index (κ2) is 6.51. The molecule has 1 aromatic carbocycles. The van der Waals surface area contributed by atoms with Gasteiger partial charge in [0, 0.05) is 25.5 Å². The van der Waals surface area contributed by atoms with Gasteiger partial charge in [0.15, 0.2) is 11.5 Å². The molecule has 4 rings (SSSR count). The van der Waals surface area contributed by atoms with Crippen molar-refractivity contribution in [1.29, 1.82) is 0 Å². The first-order valence-electron chi connectivity index (χ1n) is 8.38. The van der Waals surface area contributed by atoms with Crippen LogP contribution in [-0.4, -0.2) is 43.5 Å². The van der Waals surface area contributed by atoms with E-state index in [4.69, 9.17) is 0 Å². The number of amides is 1. The molecule has 1 aliphatic rings. The summed E-state index contributed by atoms with van der Waals surface area (Å²) in [6.07, 6.45) is 6.85. The van der Waals surface area contributed by atoms with Crippen molar-refractivity contribution in [2.75, 3.05) is 13.1 Å². The van der Waals surface area contributed by atoms with Gasteiger partial charge in [-0.3, -0.25) is 4.79 Å².